The number of furan rings is 1. The highest BCUT2D eigenvalue weighted by atomic mass is 32.2. The molecule has 0 spiro atoms. The molecule has 8 nitrogen and oxygen atoms in total. The monoisotopic (exact) mass is 389 g/mol. The number of hydrogen-bond acceptors (Lipinski definition) is 7. The molecule has 1 fully saturated rings. The molecule has 0 unspecified atom stereocenters. The second-order valence-corrected chi connectivity index (χ2v) is 7.84. The van der Waals surface area contributed by atoms with E-state index in [1.165, 1.54) is 12.1 Å². The Morgan fingerprint density at radius 1 is 1.15 bits per heavy atom. The molecule has 3 aromatic rings. The van der Waals surface area contributed by atoms with E-state index in [0.717, 1.165) is 19.3 Å². The minimum Gasteiger partial charge on any atom is -0.492 e. The van der Waals surface area contributed by atoms with Gasteiger partial charge in [0.25, 0.3) is 15.9 Å². The Hall–Kier alpha value is -2.81. The summed E-state index contributed by atoms with van der Waals surface area (Å²) in [5.74, 6) is 1.69. The van der Waals surface area contributed by atoms with Crippen molar-refractivity contribution in [2.24, 2.45) is 0 Å². The molecule has 2 aromatic heterocycles. The van der Waals surface area contributed by atoms with Crippen molar-refractivity contribution < 1.29 is 22.0 Å². The van der Waals surface area contributed by atoms with E-state index in [1.807, 2.05) is 6.92 Å². The lowest BCUT2D eigenvalue weighted by molar-refractivity contribution is 0.334. The molecule has 1 saturated carbocycles. The van der Waals surface area contributed by atoms with Gasteiger partial charge in [-0.3, -0.25) is 4.72 Å². The summed E-state index contributed by atoms with van der Waals surface area (Å²) in [6, 6.07) is 9.65. The van der Waals surface area contributed by atoms with E-state index in [0.29, 0.717) is 29.9 Å². The summed E-state index contributed by atoms with van der Waals surface area (Å²) in [7, 11) is -3.93. The molecule has 1 aliphatic carbocycles. The van der Waals surface area contributed by atoms with E-state index >= 15 is 0 Å². The Labute approximate surface area is 156 Å². The van der Waals surface area contributed by atoms with Crippen molar-refractivity contribution in [3.05, 3.63) is 42.3 Å². The van der Waals surface area contributed by atoms with Gasteiger partial charge in [-0.1, -0.05) is 18.6 Å². The first-order chi connectivity index (χ1) is 13.1. The molecule has 1 aromatic carbocycles. The second kappa shape index (κ2) is 7.07. The van der Waals surface area contributed by atoms with Crippen molar-refractivity contribution in [2.45, 2.75) is 37.2 Å². The van der Waals surface area contributed by atoms with Crippen LogP contribution < -0.4 is 9.46 Å². The maximum Gasteiger partial charge on any atom is 0.295 e. The summed E-state index contributed by atoms with van der Waals surface area (Å²) in [5.41, 5.74) is 0.336. The standard InChI is InChI=1S/C18H19N3O5S/c1-2-24-14-9-4-3-8-13(14)21-27(22,23)16-11-10-15(25-16)18-20-19-17(26-18)12-6-5-7-12/h3-4,8-12,21H,2,5-7H2,1H3. The van der Waals surface area contributed by atoms with Gasteiger partial charge in [0.2, 0.25) is 11.0 Å². The van der Waals surface area contributed by atoms with Gasteiger partial charge >= 0.3 is 0 Å². The van der Waals surface area contributed by atoms with Gasteiger partial charge in [-0.25, -0.2) is 0 Å². The van der Waals surface area contributed by atoms with E-state index in [9.17, 15) is 8.42 Å². The molecule has 27 heavy (non-hydrogen) atoms. The number of nitrogens with zero attached hydrogens (tertiary/aromatic N) is 2. The Balaban J connectivity index is 1.56. The van der Waals surface area contributed by atoms with Gasteiger partial charge in [0, 0.05) is 5.92 Å². The first-order valence-corrected chi connectivity index (χ1v) is 10.2. The number of sulfonamides is 1. The van der Waals surface area contributed by atoms with Crippen LogP contribution in [-0.2, 0) is 10.0 Å². The van der Waals surface area contributed by atoms with Crippen molar-refractivity contribution in [3.63, 3.8) is 0 Å². The minimum atomic E-state index is -3.93. The SMILES string of the molecule is CCOc1ccccc1NS(=O)(=O)c1ccc(-c2nnc(C3CCC3)o2)o1. The van der Waals surface area contributed by atoms with Gasteiger partial charge in [0.1, 0.15) is 5.75 Å². The van der Waals surface area contributed by atoms with Crippen LogP contribution in [0.3, 0.4) is 0 Å². The van der Waals surface area contributed by atoms with Crippen molar-refractivity contribution in [1.29, 1.82) is 0 Å². The maximum absolute atomic E-state index is 12.6. The van der Waals surface area contributed by atoms with E-state index in [2.05, 4.69) is 14.9 Å². The molecule has 4 rings (SSSR count). The van der Waals surface area contributed by atoms with Gasteiger partial charge < -0.3 is 13.6 Å². The van der Waals surface area contributed by atoms with Crippen LogP contribution in [0.25, 0.3) is 11.7 Å². The van der Waals surface area contributed by atoms with E-state index < -0.39 is 10.0 Å². The summed E-state index contributed by atoms with van der Waals surface area (Å²) in [6.07, 6.45) is 3.21. The molecule has 142 valence electrons. The lowest BCUT2D eigenvalue weighted by Gasteiger charge is -2.20. The number of ether oxygens (including phenoxy) is 1. The van der Waals surface area contributed by atoms with Crippen molar-refractivity contribution in [1.82, 2.24) is 10.2 Å². The molecule has 2 heterocycles. The first-order valence-electron chi connectivity index (χ1n) is 8.75. The lowest BCUT2D eigenvalue weighted by atomic mass is 9.85. The van der Waals surface area contributed by atoms with Gasteiger partial charge in [0.15, 0.2) is 5.76 Å². The van der Waals surface area contributed by atoms with E-state index in [-0.39, 0.29) is 16.7 Å². The Kier molecular flexibility index (Phi) is 4.61. The van der Waals surface area contributed by atoms with E-state index in [1.54, 1.807) is 24.3 Å². The lowest BCUT2D eigenvalue weighted by Crippen LogP contribution is -2.13. The van der Waals surface area contributed by atoms with Crippen molar-refractivity contribution >= 4 is 15.7 Å². The van der Waals surface area contributed by atoms with Crippen LogP contribution in [0.15, 0.2) is 50.3 Å². The summed E-state index contributed by atoms with van der Waals surface area (Å²) >= 11 is 0. The van der Waals surface area contributed by atoms with Gasteiger partial charge in [-0.15, -0.1) is 10.2 Å². The largest absolute Gasteiger partial charge is 0.492 e. The Bertz CT molecular complexity index is 1040. The average molecular weight is 389 g/mol. The molecule has 0 radical (unpaired) electrons. The summed E-state index contributed by atoms with van der Waals surface area (Å²) in [5, 5.41) is 7.75. The maximum atomic E-state index is 12.6. The molecule has 0 saturated heterocycles. The fraction of sp³-hybridized carbons (Fsp3) is 0.333. The molecular weight excluding hydrogens is 370 g/mol. The van der Waals surface area contributed by atoms with Crippen LogP contribution >= 0.6 is 0 Å². The molecule has 1 aliphatic rings. The van der Waals surface area contributed by atoms with Crippen LogP contribution in [0, 0.1) is 0 Å². The second-order valence-electron chi connectivity index (χ2n) is 6.23. The normalized spacial score (nSPS) is 14.7. The zero-order valence-electron chi connectivity index (χ0n) is 14.7. The Morgan fingerprint density at radius 3 is 2.70 bits per heavy atom. The fourth-order valence-corrected chi connectivity index (χ4v) is 3.77. The molecule has 1 N–H and O–H groups in total. The highest BCUT2D eigenvalue weighted by Gasteiger charge is 2.27. The number of anilines is 1. The topological polar surface area (TPSA) is 107 Å². The van der Waals surface area contributed by atoms with Gasteiger partial charge in [-0.2, -0.15) is 8.42 Å². The van der Waals surface area contributed by atoms with Gasteiger partial charge in [-0.05, 0) is 44.0 Å². The van der Waals surface area contributed by atoms with Crippen molar-refractivity contribution in [2.75, 3.05) is 11.3 Å². The van der Waals surface area contributed by atoms with Crippen LogP contribution in [-0.4, -0.2) is 25.2 Å². The quantitative estimate of drug-likeness (QED) is 0.655. The average Bonchev–Trinajstić information content (AvgIpc) is 3.24. The molecule has 0 aliphatic heterocycles. The van der Waals surface area contributed by atoms with E-state index in [4.69, 9.17) is 13.6 Å². The molecule has 0 atom stereocenters. The van der Waals surface area contributed by atoms with Crippen LogP contribution in [0.2, 0.25) is 0 Å². The van der Waals surface area contributed by atoms with Crippen molar-refractivity contribution in [3.8, 4) is 17.4 Å². The van der Waals surface area contributed by atoms with Gasteiger partial charge in [0.05, 0.1) is 12.3 Å². The molecular formula is C18H19N3O5S. The predicted octanol–water partition coefficient (Wildman–Crippen LogP) is 3.80. The van der Waals surface area contributed by atoms with Crippen LogP contribution in [0.1, 0.15) is 38.0 Å². The number of rotatable bonds is 7. The van der Waals surface area contributed by atoms with Crippen LogP contribution in [0.4, 0.5) is 5.69 Å². The number of aromatic nitrogens is 2. The number of nitrogens with one attached hydrogen (secondary N) is 1. The highest BCUT2D eigenvalue weighted by molar-refractivity contribution is 7.92. The molecule has 0 amide bonds. The number of benzene rings is 1. The smallest absolute Gasteiger partial charge is 0.295 e. The first kappa shape index (κ1) is 17.6. The third-order valence-electron chi connectivity index (χ3n) is 4.38. The summed E-state index contributed by atoms with van der Waals surface area (Å²) in [4.78, 5) is 0. The minimum absolute atomic E-state index is 0.174. The molecule has 9 heteroatoms. The number of para-hydroxylation sites is 2. The number of hydrogen-bond donors (Lipinski definition) is 1. The zero-order chi connectivity index (χ0) is 18.9. The zero-order valence-corrected chi connectivity index (χ0v) is 15.5. The third kappa shape index (κ3) is 3.55. The fourth-order valence-electron chi connectivity index (χ4n) is 2.76. The Morgan fingerprint density at radius 2 is 1.96 bits per heavy atom. The van der Waals surface area contributed by atoms with Crippen LogP contribution in [0.5, 0.6) is 5.75 Å². The predicted molar refractivity (Wildman–Crippen MR) is 97.0 cm³/mol. The summed E-state index contributed by atoms with van der Waals surface area (Å²) < 4.78 is 44.3. The third-order valence-corrected chi connectivity index (χ3v) is 5.62. The highest BCUT2D eigenvalue weighted by Crippen LogP contribution is 2.37. The summed E-state index contributed by atoms with van der Waals surface area (Å²) in [6.45, 7) is 2.25. The molecule has 0 bridgehead atoms.